The molecule has 3 N–H and O–H groups in total. The first-order valence-corrected chi connectivity index (χ1v) is 5.85. The largest absolute Gasteiger partial charge is 0.494 e. The highest BCUT2D eigenvalue weighted by Crippen LogP contribution is 2.11. The first kappa shape index (κ1) is 12.3. The van der Waals surface area contributed by atoms with Gasteiger partial charge >= 0.3 is 0 Å². The molecule has 3 heterocycles. The molecule has 1 atom stereocenters. The molecule has 100 valence electrons. The van der Waals surface area contributed by atoms with Gasteiger partial charge < -0.3 is 10.1 Å². The van der Waals surface area contributed by atoms with Gasteiger partial charge in [-0.15, -0.1) is 0 Å². The molecule has 9 nitrogen and oxygen atoms in total. The fourth-order valence-corrected chi connectivity index (χ4v) is 1.83. The van der Waals surface area contributed by atoms with Crippen LogP contribution in [-0.4, -0.2) is 51.7 Å². The van der Waals surface area contributed by atoms with Crippen LogP contribution in [-0.2, 0) is 0 Å². The van der Waals surface area contributed by atoms with Gasteiger partial charge in [-0.05, 0) is 12.2 Å². The van der Waals surface area contributed by atoms with Gasteiger partial charge in [0, 0.05) is 6.21 Å². The van der Waals surface area contributed by atoms with Gasteiger partial charge in [-0.1, -0.05) is 0 Å². The first-order chi connectivity index (χ1) is 9.65. The van der Waals surface area contributed by atoms with Gasteiger partial charge in [-0.25, -0.2) is 20.0 Å². The number of H-pyrrole nitrogens is 2. The van der Waals surface area contributed by atoms with Crippen LogP contribution in [0.5, 0.6) is 5.88 Å². The molecule has 1 aromatic rings. The summed E-state index contributed by atoms with van der Waals surface area (Å²) in [5.74, 6) is 0.447. The highest BCUT2D eigenvalue weighted by Gasteiger charge is 2.25. The number of fused-ring (bicyclic) bond motifs is 1. The monoisotopic (exact) mass is 289 g/mol. The van der Waals surface area contributed by atoms with E-state index in [1.807, 2.05) is 0 Å². The number of aromatic amines is 2. The molecule has 10 heteroatoms. The fraction of sp³-hybridized carbons (Fsp3) is 0.100. The van der Waals surface area contributed by atoms with E-state index in [1.54, 1.807) is 0 Å². The summed E-state index contributed by atoms with van der Waals surface area (Å²) in [5.41, 5.74) is -0.604. The molecule has 0 amide bonds. The minimum absolute atomic E-state index is 0.0293. The van der Waals surface area contributed by atoms with Crippen LogP contribution in [0.3, 0.4) is 0 Å². The Morgan fingerprint density at radius 1 is 1.35 bits per heavy atom. The van der Waals surface area contributed by atoms with Crippen molar-refractivity contribution in [2.75, 3.05) is 0 Å². The lowest BCUT2D eigenvalue weighted by atomic mass is 10.2. The maximum absolute atomic E-state index is 11.6. The van der Waals surface area contributed by atoms with E-state index in [1.165, 1.54) is 18.9 Å². The summed E-state index contributed by atoms with van der Waals surface area (Å²) in [6, 6.07) is -0.473. The molecule has 2 aliphatic rings. The van der Waals surface area contributed by atoms with Crippen molar-refractivity contribution in [3.05, 3.63) is 20.7 Å². The topological polar surface area (TPSA) is 131 Å². The molecule has 3 rings (SSSR count). The van der Waals surface area contributed by atoms with Gasteiger partial charge in [0.1, 0.15) is 18.2 Å². The zero-order chi connectivity index (χ0) is 14.1. The molecule has 1 aromatic heterocycles. The third-order valence-corrected chi connectivity index (χ3v) is 2.76. The lowest BCUT2D eigenvalue weighted by Gasteiger charge is -2.09. The molecule has 0 spiro atoms. The molecule has 0 radical (unpaired) electrons. The van der Waals surface area contributed by atoms with Gasteiger partial charge in [0.25, 0.3) is 5.56 Å². The van der Waals surface area contributed by atoms with Gasteiger partial charge in [-0.3, -0.25) is 14.8 Å². The zero-order valence-electron chi connectivity index (χ0n) is 9.81. The Morgan fingerprint density at radius 3 is 3.00 bits per heavy atom. The Labute approximate surface area is 116 Å². The molecular formula is C10H7N7O2S. The van der Waals surface area contributed by atoms with Crippen LogP contribution in [0.4, 0.5) is 0 Å². The average molecular weight is 289 g/mol. The van der Waals surface area contributed by atoms with Crippen molar-refractivity contribution in [1.82, 2.24) is 9.97 Å². The number of aliphatic imine (C=N–C) groups is 5. The second-order valence-electron chi connectivity index (χ2n) is 3.81. The van der Waals surface area contributed by atoms with Crippen LogP contribution < -0.4 is 5.56 Å². The summed E-state index contributed by atoms with van der Waals surface area (Å²) in [7, 11) is 0. The summed E-state index contributed by atoms with van der Waals surface area (Å²) in [4.78, 5) is 36.4. The van der Waals surface area contributed by atoms with Gasteiger partial charge in [0.05, 0.1) is 0 Å². The van der Waals surface area contributed by atoms with E-state index in [-0.39, 0.29) is 16.2 Å². The SMILES string of the molecule is O=c1[nH]c(=S)[nH]c(O)c1C=NC1=NC=NC2=NC=NC12. The van der Waals surface area contributed by atoms with E-state index < -0.39 is 11.6 Å². The highest BCUT2D eigenvalue weighted by atomic mass is 32.1. The maximum Gasteiger partial charge on any atom is 0.264 e. The van der Waals surface area contributed by atoms with Gasteiger partial charge in [-0.2, -0.15) is 0 Å². The van der Waals surface area contributed by atoms with E-state index in [9.17, 15) is 9.90 Å². The van der Waals surface area contributed by atoms with E-state index in [2.05, 4.69) is 34.9 Å². The highest BCUT2D eigenvalue weighted by molar-refractivity contribution is 7.71. The Morgan fingerprint density at radius 2 is 2.20 bits per heavy atom. The number of aromatic hydroxyl groups is 1. The number of amidine groups is 2. The van der Waals surface area contributed by atoms with E-state index in [0.717, 1.165) is 0 Å². The third kappa shape index (κ3) is 2.12. The number of hydrogen-bond donors (Lipinski definition) is 3. The Bertz CT molecular complexity index is 827. The quantitative estimate of drug-likeness (QED) is 0.489. The molecule has 0 saturated heterocycles. The molecular weight excluding hydrogens is 282 g/mol. The minimum atomic E-state index is -0.552. The van der Waals surface area contributed by atoms with Crippen molar-refractivity contribution in [3.8, 4) is 5.88 Å². The van der Waals surface area contributed by atoms with Crippen LogP contribution in [0, 0.1) is 4.77 Å². The predicted octanol–water partition coefficient (Wildman–Crippen LogP) is -0.194. The number of hydrogen-bond acceptors (Lipinski definition) is 8. The van der Waals surface area contributed by atoms with Gasteiger partial charge in [0.2, 0.25) is 5.88 Å². The third-order valence-electron chi connectivity index (χ3n) is 2.56. The number of nitrogens with zero attached hydrogens (tertiary/aromatic N) is 5. The number of rotatable bonds is 1. The van der Waals surface area contributed by atoms with Crippen LogP contribution in [0.2, 0.25) is 0 Å². The van der Waals surface area contributed by atoms with Crippen molar-refractivity contribution in [3.63, 3.8) is 0 Å². The second-order valence-corrected chi connectivity index (χ2v) is 4.22. The molecule has 0 saturated carbocycles. The van der Waals surface area contributed by atoms with E-state index in [4.69, 9.17) is 12.2 Å². The summed E-state index contributed by atoms with van der Waals surface area (Å²) < 4.78 is 0.0293. The average Bonchev–Trinajstić information content (AvgIpc) is 2.86. The molecule has 0 aromatic carbocycles. The fourth-order valence-electron chi connectivity index (χ4n) is 1.64. The van der Waals surface area contributed by atoms with Crippen LogP contribution in [0.25, 0.3) is 0 Å². The zero-order valence-corrected chi connectivity index (χ0v) is 10.6. The minimum Gasteiger partial charge on any atom is -0.494 e. The van der Waals surface area contributed by atoms with E-state index in [0.29, 0.717) is 11.7 Å². The second kappa shape index (κ2) is 4.74. The van der Waals surface area contributed by atoms with Crippen LogP contribution >= 0.6 is 12.2 Å². The summed E-state index contributed by atoms with van der Waals surface area (Å²) in [5, 5.41) is 9.64. The molecule has 2 aliphatic heterocycles. The summed E-state index contributed by atoms with van der Waals surface area (Å²) in [6.07, 6.45) is 3.86. The molecule has 0 bridgehead atoms. The van der Waals surface area contributed by atoms with Crippen molar-refractivity contribution in [2.45, 2.75) is 6.04 Å². The Balaban J connectivity index is 1.96. The smallest absolute Gasteiger partial charge is 0.264 e. The molecule has 20 heavy (non-hydrogen) atoms. The van der Waals surface area contributed by atoms with Crippen molar-refractivity contribution < 1.29 is 5.11 Å². The molecule has 0 aliphatic carbocycles. The Kier molecular flexibility index (Phi) is 2.91. The normalized spacial score (nSPS) is 20.1. The van der Waals surface area contributed by atoms with Crippen LogP contribution in [0.15, 0.2) is 29.8 Å². The van der Waals surface area contributed by atoms with Crippen molar-refractivity contribution >= 4 is 42.8 Å². The van der Waals surface area contributed by atoms with Crippen molar-refractivity contribution in [2.24, 2.45) is 25.0 Å². The van der Waals surface area contributed by atoms with E-state index >= 15 is 0 Å². The van der Waals surface area contributed by atoms with Gasteiger partial charge in [0.15, 0.2) is 22.5 Å². The standard InChI is InChI=1S/C10H7N7O2S/c18-8-4(9(19)17-10(20)16-8)1-11-6-5-7(13-2-12-5)15-3-14-6/h1-3,5H,(H3,16,17,18,19,20). The molecule has 1 unspecified atom stereocenters. The number of aromatic nitrogens is 2. The Hall–Kier alpha value is -2.75. The molecule has 0 fully saturated rings. The maximum atomic E-state index is 11.6. The summed E-state index contributed by atoms with van der Waals surface area (Å²) in [6.45, 7) is 0. The summed E-state index contributed by atoms with van der Waals surface area (Å²) >= 11 is 4.73. The lowest BCUT2D eigenvalue weighted by Crippen LogP contribution is -2.27. The number of nitrogens with one attached hydrogen (secondary N) is 2. The van der Waals surface area contributed by atoms with Crippen LogP contribution in [0.1, 0.15) is 5.56 Å². The predicted molar refractivity (Wildman–Crippen MR) is 77.1 cm³/mol. The first-order valence-electron chi connectivity index (χ1n) is 5.44. The lowest BCUT2D eigenvalue weighted by molar-refractivity contribution is 0.449. The van der Waals surface area contributed by atoms with Crippen molar-refractivity contribution in [1.29, 1.82) is 0 Å².